The Morgan fingerprint density at radius 3 is 3.10 bits per heavy atom. The molecule has 0 radical (unpaired) electrons. The first-order valence-electron chi connectivity index (χ1n) is 7.81. The zero-order chi connectivity index (χ0) is 14.2. The zero-order valence-corrected chi connectivity index (χ0v) is 13.5. The van der Waals surface area contributed by atoms with E-state index in [9.17, 15) is 0 Å². The van der Waals surface area contributed by atoms with Crippen LogP contribution in [-0.2, 0) is 4.74 Å². The number of rotatable bonds is 9. The third-order valence-electron chi connectivity index (χ3n) is 3.86. The number of hydrogen-bond acceptors (Lipinski definition) is 4. The van der Waals surface area contributed by atoms with Gasteiger partial charge in [0.1, 0.15) is 5.75 Å². The Morgan fingerprint density at radius 2 is 2.45 bits per heavy atom. The monoisotopic (exact) mass is 297 g/mol. The van der Waals surface area contributed by atoms with Crippen LogP contribution in [0.5, 0.6) is 5.75 Å². The molecule has 4 heteroatoms. The van der Waals surface area contributed by atoms with E-state index in [0.717, 1.165) is 18.9 Å². The highest BCUT2D eigenvalue weighted by atomic mass is 32.1. The van der Waals surface area contributed by atoms with Gasteiger partial charge in [-0.25, -0.2) is 0 Å². The van der Waals surface area contributed by atoms with Crippen molar-refractivity contribution in [3.63, 3.8) is 0 Å². The lowest BCUT2D eigenvalue weighted by molar-refractivity contribution is 0.101. The van der Waals surface area contributed by atoms with Gasteiger partial charge in [-0.05, 0) is 51.1 Å². The Kier molecular flexibility index (Phi) is 6.83. The van der Waals surface area contributed by atoms with Gasteiger partial charge in [-0.3, -0.25) is 0 Å². The van der Waals surface area contributed by atoms with E-state index < -0.39 is 0 Å². The zero-order valence-electron chi connectivity index (χ0n) is 12.7. The molecule has 2 atom stereocenters. The average molecular weight is 297 g/mol. The smallest absolute Gasteiger partial charge is 0.129 e. The van der Waals surface area contributed by atoms with Crippen molar-refractivity contribution in [2.24, 2.45) is 0 Å². The van der Waals surface area contributed by atoms with Crippen molar-refractivity contribution >= 4 is 11.3 Å². The van der Waals surface area contributed by atoms with Gasteiger partial charge < -0.3 is 14.8 Å². The van der Waals surface area contributed by atoms with Crippen molar-refractivity contribution in [1.29, 1.82) is 0 Å². The fraction of sp³-hybridized carbons (Fsp3) is 0.750. The molecule has 1 fully saturated rings. The molecule has 2 rings (SSSR count). The van der Waals surface area contributed by atoms with Crippen LogP contribution in [0.2, 0.25) is 0 Å². The van der Waals surface area contributed by atoms with Crippen molar-refractivity contribution in [2.45, 2.75) is 57.6 Å². The lowest BCUT2D eigenvalue weighted by atomic mass is 10.0. The van der Waals surface area contributed by atoms with Gasteiger partial charge in [0.2, 0.25) is 0 Å². The maximum absolute atomic E-state index is 5.71. The molecule has 3 nitrogen and oxygen atoms in total. The number of hydrogen-bond donors (Lipinski definition) is 1. The van der Waals surface area contributed by atoms with E-state index >= 15 is 0 Å². The van der Waals surface area contributed by atoms with Gasteiger partial charge in [0.15, 0.2) is 0 Å². The molecule has 0 spiro atoms. The van der Waals surface area contributed by atoms with E-state index in [-0.39, 0.29) is 0 Å². The van der Waals surface area contributed by atoms with E-state index in [0.29, 0.717) is 12.1 Å². The van der Waals surface area contributed by atoms with Crippen LogP contribution < -0.4 is 10.1 Å². The average Bonchev–Trinajstić information content (AvgIpc) is 3.13. The fourth-order valence-electron chi connectivity index (χ4n) is 2.71. The van der Waals surface area contributed by atoms with E-state index in [2.05, 4.69) is 23.7 Å². The molecule has 0 saturated carbocycles. The standard InChI is InChI=1S/C16H27NO2S/c1-3-9-17-15(16-11-14(18-2)12-20-16)8-4-6-13-7-5-10-19-13/h11-13,15,17H,3-10H2,1-2H3. The van der Waals surface area contributed by atoms with E-state index in [1.54, 1.807) is 18.4 Å². The topological polar surface area (TPSA) is 30.5 Å². The van der Waals surface area contributed by atoms with E-state index in [4.69, 9.17) is 9.47 Å². The van der Waals surface area contributed by atoms with Crippen LogP contribution in [0.4, 0.5) is 0 Å². The Balaban J connectivity index is 1.82. The van der Waals surface area contributed by atoms with Crippen LogP contribution in [-0.4, -0.2) is 26.4 Å². The first kappa shape index (κ1) is 15.8. The van der Waals surface area contributed by atoms with Gasteiger partial charge in [-0.1, -0.05) is 6.92 Å². The van der Waals surface area contributed by atoms with Crippen molar-refractivity contribution in [3.8, 4) is 5.75 Å². The van der Waals surface area contributed by atoms with Gasteiger partial charge in [0.25, 0.3) is 0 Å². The number of ether oxygens (including phenoxy) is 2. The first-order valence-corrected chi connectivity index (χ1v) is 8.69. The molecule has 1 N–H and O–H groups in total. The molecule has 114 valence electrons. The Hall–Kier alpha value is -0.580. The molecule has 2 heterocycles. The van der Waals surface area contributed by atoms with Gasteiger partial charge in [0, 0.05) is 22.9 Å². The summed E-state index contributed by atoms with van der Waals surface area (Å²) in [4.78, 5) is 1.39. The van der Waals surface area contributed by atoms with Crippen molar-refractivity contribution in [3.05, 3.63) is 16.3 Å². The summed E-state index contributed by atoms with van der Waals surface area (Å²) >= 11 is 1.80. The minimum Gasteiger partial charge on any atom is -0.496 e. The SMILES string of the molecule is CCCNC(CCCC1CCCO1)c1cc(OC)cs1. The van der Waals surface area contributed by atoms with E-state index in [1.807, 2.05) is 0 Å². The second-order valence-corrected chi connectivity index (χ2v) is 6.40. The van der Waals surface area contributed by atoms with Crippen molar-refractivity contribution in [2.75, 3.05) is 20.3 Å². The molecule has 20 heavy (non-hydrogen) atoms. The fourth-order valence-corrected chi connectivity index (χ4v) is 3.68. The number of thiophene rings is 1. The summed E-state index contributed by atoms with van der Waals surface area (Å²) in [5, 5.41) is 5.76. The van der Waals surface area contributed by atoms with Crippen LogP contribution in [0.3, 0.4) is 0 Å². The van der Waals surface area contributed by atoms with Crippen LogP contribution in [0.25, 0.3) is 0 Å². The van der Waals surface area contributed by atoms with E-state index in [1.165, 1.54) is 43.4 Å². The Morgan fingerprint density at radius 1 is 1.55 bits per heavy atom. The maximum atomic E-state index is 5.71. The minimum atomic E-state index is 0.463. The Bertz CT molecular complexity index is 374. The summed E-state index contributed by atoms with van der Waals surface area (Å²) < 4.78 is 11.0. The predicted molar refractivity (Wildman–Crippen MR) is 84.7 cm³/mol. The third-order valence-corrected chi connectivity index (χ3v) is 4.88. The molecule has 1 saturated heterocycles. The quantitative estimate of drug-likeness (QED) is 0.743. The highest BCUT2D eigenvalue weighted by molar-refractivity contribution is 7.10. The van der Waals surface area contributed by atoms with Crippen molar-refractivity contribution < 1.29 is 9.47 Å². The number of methoxy groups -OCH3 is 1. The lowest BCUT2D eigenvalue weighted by Gasteiger charge is -2.18. The molecule has 0 bridgehead atoms. The Labute approximate surface area is 126 Å². The molecule has 2 unspecified atom stereocenters. The molecule has 1 aliphatic heterocycles. The molecule has 1 aromatic rings. The molecular weight excluding hydrogens is 270 g/mol. The second-order valence-electron chi connectivity index (χ2n) is 5.46. The van der Waals surface area contributed by atoms with Crippen LogP contribution >= 0.6 is 11.3 Å². The van der Waals surface area contributed by atoms with Gasteiger partial charge in [-0.15, -0.1) is 11.3 Å². The van der Waals surface area contributed by atoms with Crippen molar-refractivity contribution in [1.82, 2.24) is 5.32 Å². The second kappa shape index (κ2) is 8.65. The number of nitrogens with one attached hydrogen (secondary N) is 1. The molecule has 1 aromatic heterocycles. The summed E-state index contributed by atoms with van der Waals surface area (Å²) in [5.74, 6) is 0.979. The van der Waals surface area contributed by atoms with Gasteiger partial charge in [0.05, 0.1) is 13.2 Å². The summed E-state index contributed by atoms with van der Waals surface area (Å²) in [6.07, 6.45) is 7.79. The lowest BCUT2D eigenvalue weighted by Crippen LogP contribution is -2.21. The van der Waals surface area contributed by atoms with Gasteiger partial charge in [-0.2, -0.15) is 0 Å². The normalized spacial score (nSPS) is 20.2. The highest BCUT2D eigenvalue weighted by Crippen LogP contribution is 2.30. The summed E-state index contributed by atoms with van der Waals surface area (Å²) in [6.45, 7) is 4.25. The van der Waals surface area contributed by atoms with Gasteiger partial charge >= 0.3 is 0 Å². The molecular formula is C16H27NO2S. The minimum absolute atomic E-state index is 0.463. The van der Waals surface area contributed by atoms with Crippen LogP contribution in [0.15, 0.2) is 11.4 Å². The maximum Gasteiger partial charge on any atom is 0.129 e. The predicted octanol–water partition coefficient (Wildman–Crippen LogP) is 4.15. The summed E-state index contributed by atoms with van der Waals surface area (Å²) in [7, 11) is 1.73. The van der Waals surface area contributed by atoms with Crippen LogP contribution in [0, 0.1) is 0 Å². The van der Waals surface area contributed by atoms with Crippen LogP contribution in [0.1, 0.15) is 56.4 Å². The summed E-state index contributed by atoms with van der Waals surface area (Å²) in [5.41, 5.74) is 0. The first-order chi connectivity index (χ1) is 9.83. The molecule has 1 aliphatic rings. The highest BCUT2D eigenvalue weighted by Gasteiger charge is 2.17. The third kappa shape index (κ3) is 4.76. The molecule has 0 aliphatic carbocycles. The molecule has 0 aromatic carbocycles. The summed E-state index contributed by atoms with van der Waals surface area (Å²) in [6, 6.07) is 2.63. The molecule has 0 amide bonds. The largest absolute Gasteiger partial charge is 0.496 e.